The molecule has 5 heterocycles. The zero-order valence-corrected chi connectivity index (χ0v) is 13.9. The molecule has 5 heteroatoms. The summed E-state index contributed by atoms with van der Waals surface area (Å²) in [6, 6.07) is 14.4. The first-order valence-corrected chi connectivity index (χ1v) is 8.10. The van der Waals surface area contributed by atoms with Crippen LogP contribution < -0.4 is 0 Å². The number of aryl methyl sites for hydroxylation is 2. The highest BCUT2D eigenvalue weighted by Gasteiger charge is 2.21. The fourth-order valence-electron chi connectivity index (χ4n) is 3.74. The molecule has 0 saturated carbocycles. The van der Waals surface area contributed by atoms with Crippen molar-refractivity contribution in [2.75, 3.05) is 0 Å². The van der Waals surface area contributed by atoms with E-state index < -0.39 is 0 Å². The Bertz CT molecular complexity index is 1320. The Hall–Kier alpha value is -3.52. The first kappa shape index (κ1) is 13.9. The van der Waals surface area contributed by atoms with Crippen molar-refractivity contribution in [3.63, 3.8) is 0 Å². The molecule has 5 aromatic rings. The standard InChI is InChI=1S/C20H15N5/c1-23-9-5-7-16(23)18-13-8-11-24(2)19(13)17-14(12-21)15-6-3-4-10-25(15)20(17)22-18/h3-11H,1-2H3. The Balaban J connectivity index is 2.11. The SMILES string of the molecule is Cn1cccc1-c1nc2c(c(C#N)c3ccccn32)c2c1ccn2C. The summed E-state index contributed by atoms with van der Waals surface area (Å²) in [5.74, 6) is 0. The van der Waals surface area contributed by atoms with Gasteiger partial charge in [-0.3, -0.25) is 4.40 Å². The van der Waals surface area contributed by atoms with Crippen LogP contribution in [0, 0.1) is 11.3 Å². The fraction of sp³-hybridized carbons (Fsp3) is 0.100. The van der Waals surface area contributed by atoms with Crippen molar-refractivity contribution in [1.82, 2.24) is 18.5 Å². The monoisotopic (exact) mass is 325 g/mol. The van der Waals surface area contributed by atoms with Crippen LogP contribution in [-0.2, 0) is 14.1 Å². The third-order valence-corrected chi connectivity index (χ3v) is 4.90. The summed E-state index contributed by atoms with van der Waals surface area (Å²) < 4.78 is 6.15. The maximum absolute atomic E-state index is 9.80. The summed E-state index contributed by atoms with van der Waals surface area (Å²) in [7, 11) is 4.03. The van der Waals surface area contributed by atoms with Crippen molar-refractivity contribution in [1.29, 1.82) is 5.26 Å². The number of fused-ring (bicyclic) bond motifs is 5. The summed E-state index contributed by atoms with van der Waals surface area (Å²) in [5.41, 5.74) is 5.41. The van der Waals surface area contributed by atoms with E-state index in [1.807, 2.05) is 61.4 Å². The second-order valence-electron chi connectivity index (χ2n) is 6.29. The van der Waals surface area contributed by atoms with Crippen LogP contribution in [0.2, 0.25) is 0 Å². The van der Waals surface area contributed by atoms with E-state index in [1.54, 1.807) is 0 Å². The molecule has 0 aliphatic heterocycles. The van der Waals surface area contributed by atoms with Gasteiger partial charge in [-0.1, -0.05) is 6.07 Å². The Kier molecular flexibility index (Phi) is 2.63. The van der Waals surface area contributed by atoms with Gasteiger partial charge in [0.15, 0.2) is 0 Å². The molecule has 0 bridgehead atoms. The van der Waals surface area contributed by atoms with Gasteiger partial charge in [0.1, 0.15) is 11.7 Å². The van der Waals surface area contributed by atoms with Crippen LogP contribution in [0.15, 0.2) is 55.0 Å². The molecule has 0 aliphatic rings. The van der Waals surface area contributed by atoms with E-state index in [1.165, 1.54) is 0 Å². The van der Waals surface area contributed by atoms with Gasteiger partial charge < -0.3 is 9.13 Å². The van der Waals surface area contributed by atoms with E-state index in [9.17, 15) is 5.26 Å². The largest absolute Gasteiger partial charge is 0.350 e. The molecule has 5 nitrogen and oxygen atoms in total. The van der Waals surface area contributed by atoms with Gasteiger partial charge in [0.25, 0.3) is 0 Å². The predicted molar refractivity (Wildman–Crippen MR) is 98.3 cm³/mol. The van der Waals surface area contributed by atoms with Crippen LogP contribution in [0.3, 0.4) is 0 Å². The van der Waals surface area contributed by atoms with E-state index in [2.05, 4.69) is 27.3 Å². The van der Waals surface area contributed by atoms with Gasteiger partial charge >= 0.3 is 0 Å². The molecule has 0 spiro atoms. The molecule has 0 aromatic carbocycles. The summed E-state index contributed by atoms with van der Waals surface area (Å²) in [4.78, 5) is 4.99. The maximum atomic E-state index is 9.80. The minimum atomic E-state index is 0.674. The van der Waals surface area contributed by atoms with Crippen molar-refractivity contribution in [2.24, 2.45) is 14.1 Å². The number of rotatable bonds is 1. The lowest BCUT2D eigenvalue weighted by molar-refractivity contribution is 0.932. The van der Waals surface area contributed by atoms with Crippen molar-refractivity contribution < 1.29 is 0 Å². The molecule has 0 amide bonds. The topological polar surface area (TPSA) is 50.9 Å². The zero-order chi connectivity index (χ0) is 17.1. The predicted octanol–water partition coefficient (Wildman–Crippen LogP) is 3.86. The summed E-state index contributed by atoms with van der Waals surface area (Å²) >= 11 is 0. The lowest BCUT2D eigenvalue weighted by Gasteiger charge is -2.08. The molecular formula is C20H15N5. The normalized spacial score (nSPS) is 11.6. The van der Waals surface area contributed by atoms with Crippen LogP contribution in [0.4, 0.5) is 0 Å². The molecule has 0 N–H and O–H groups in total. The van der Waals surface area contributed by atoms with Gasteiger partial charge in [0.2, 0.25) is 0 Å². The molecule has 5 aromatic heterocycles. The minimum absolute atomic E-state index is 0.674. The smallest absolute Gasteiger partial charge is 0.148 e. The minimum Gasteiger partial charge on any atom is -0.350 e. The van der Waals surface area contributed by atoms with Gasteiger partial charge in [-0.25, -0.2) is 4.98 Å². The number of nitrogens with zero attached hydrogens (tertiary/aromatic N) is 5. The quantitative estimate of drug-likeness (QED) is 0.470. The summed E-state index contributed by atoms with van der Waals surface area (Å²) in [5, 5.41) is 11.8. The molecule has 0 radical (unpaired) electrons. The lowest BCUT2D eigenvalue weighted by Crippen LogP contribution is -1.96. The first-order chi connectivity index (χ1) is 12.2. The number of hydrogen-bond donors (Lipinski definition) is 0. The number of hydrogen-bond acceptors (Lipinski definition) is 2. The van der Waals surface area contributed by atoms with Crippen molar-refractivity contribution in [3.05, 3.63) is 60.6 Å². The Labute approximate surface area is 144 Å². The number of pyridine rings is 2. The molecule has 0 saturated heterocycles. The molecule has 0 aliphatic carbocycles. The fourth-order valence-corrected chi connectivity index (χ4v) is 3.74. The second-order valence-corrected chi connectivity index (χ2v) is 6.29. The molecule has 0 unspecified atom stereocenters. The van der Waals surface area contributed by atoms with Crippen molar-refractivity contribution >= 4 is 27.5 Å². The Morgan fingerprint density at radius 1 is 0.960 bits per heavy atom. The third kappa shape index (κ3) is 1.68. The highest BCUT2D eigenvalue weighted by molar-refractivity contribution is 6.13. The molecule has 5 rings (SSSR count). The van der Waals surface area contributed by atoms with Crippen LogP contribution >= 0.6 is 0 Å². The molecular weight excluding hydrogens is 310 g/mol. The number of aromatic nitrogens is 4. The van der Waals surface area contributed by atoms with Crippen molar-refractivity contribution in [3.8, 4) is 17.5 Å². The zero-order valence-electron chi connectivity index (χ0n) is 13.9. The van der Waals surface area contributed by atoms with E-state index in [4.69, 9.17) is 4.98 Å². The molecule has 0 atom stereocenters. The summed E-state index contributed by atoms with van der Waals surface area (Å²) in [6.07, 6.45) is 6.02. The van der Waals surface area contributed by atoms with Crippen LogP contribution in [0.5, 0.6) is 0 Å². The average Bonchev–Trinajstić information content (AvgIpc) is 3.30. The van der Waals surface area contributed by atoms with Crippen LogP contribution in [0.25, 0.3) is 38.8 Å². The van der Waals surface area contributed by atoms with E-state index in [0.717, 1.165) is 38.8 Å². The molecule has 25 heavy (non-hydrogen) atoms. The van der Waals surface area contributed by atoms with E-state index in [-0.39, 0.29) is 0 Å². The Morgan fingerprint density at radius 2 is 1.84 bits per heavy atom. The van der Waals surface area contributed by atoms with Gasteiger partial charge in [-0.2, -0.15) is 5.26 Å². The van der Waals surface area contributed by atoms with E-state index in [0.29, 0.717) is 5.56 Å². The van der Waals surface area contributed by atoms with Gasteiger partial charge in [-0.15, -0.1) is 0 Å². The average molecular weight is 325 g/mol. The second kappa shape index (κ2) is 4.74. The lowest BCUT2D eigenvalue weighted by atomic mass is 10.1. The highest BCUT2D eigenvalue weighted by Crippen LogP contribution is 2.36. The Morgan fingerprint density at radius 3 is 2.60 bits per heavy atom. The van der Waals surface area contributed by atoms with Gasteiger partial charge in [-0.05, 0) is 30.3 Å². The van der Waals surface area contributed by atoms with Crippen LogP contribution in [-0.4, -0.2) is 18.5 Å². The highest BCUT2D eigenvalue weighted by atomic mass is 15.0. The van der Waals surface area contributed by atoms with Gasteiger partial charge in [0, 0.05) is 38.1 Å². The van der Waals surface area contributed by atoms with Gasteiger partial charge in [0.05, 0.1) is 33.4 Å². The maximum Gasteiger partial charge on any atom is 0.148 e. The molecule has 120 valence electrons. The van der Waals surface area contributed by atoms with Crippen LogP contribution in [0.1, 0.15) is 5.56 Å². The van der Waals surface area contributed by atoms with E-state index >= 15 is 0 Å². The third-order valence-electron chi connectivity index (χ3n) is 4.90. The summed E-state index contributed by atoms with van der Waals surface area (Å²) in [6.45, 7) is 0. The molecule has 0 fully saturated rings. The van der Waals surface area contributed by atoms with Crippen molar-refractivity contribution in [2.45, 2.75) is 0 Å². The first-order valence-electron chi connectivity index (χ1n) is 8.10. The number of nitriles is 1.